The first kappa shape index (κ1) is 22.3. The van der Waals surface area contributed by atoms with E-state index in [4.69, 9.17) is 4.74 Å². The highest BCUT2D eigenvalue weighted by Crippen LogP contribution is 2.41. The van der Waals surface area contributed by atoms with Crippen LogP contribution in [-0.4, -0.2) is 48.3 Å². The van der Waals surface area contributed by atoms with Gasteiger partial charge in [-0.2, -0.15) is 0 Å². The maximum atomic E-state index is 11.7. The molecule has 0 amide bonds. The summed E-state index contributed by atoms with van der Waals surface area (Å²) in [7, 11) is 2.06. The number of hydrogen-bond acceptors (Lipinski definition) is 4. The lowest BCUT2D eigenvalue weighted by atomic mass is 9.72. The molecule has 2 unspecified atom stereocenters. The fourth-order valence-corrected chi connectivity index (χ4v) is 5.35. The van der Waals surface area contributed by atoms with E-state index in [-0.39, 0.29) is 5.92 Å². The number of nitrogens with zero attached hydrogens (tertiary/aromatic N) is 1. The van der Waals surface area contributed by atoms with Crippen molar-refractivity contribution in [3.63, 3.8) is 0 Å². The molecule has 2 N–H and O–H groups in total. The van der Waals surface area contributed by atoms with Crippen molar-refractivity contribution in [2.45, 2.75) is 69.1 Å². The van der Waals surface area contributed by atoms with Crippen molar-refractivity contribution in [1.82, 2.24) is 10.2 Å². The average Bonchev–Trinajstić information content (AvgIpc) is 2.83. The van der Waals surface area contributed by atoms with Crippen LogP contribution < -0.4 is 10.1 Å². The zero-order valence-corrected chi connectivity index (χ0v) is 18.9. The van der Waals surface area contributed by atoms with Gasteiger partial charge in [0.2, 0.25) is 0 Å². The van der Waals surface area contributed by atoms with Crippen molar-refractivity contribution in [2.75, 3.05) is 26.7 Å². The number of piperidine rings is 1. The molecule has 0 aromatic heterocycles. The molecule has 1 heterocycles. The van der Waals surface area contributed by atoms with Gasteiger partial charge in [-0.05, 0) is 62.5 Å². The second kappa shape index (κ2) is 10.6. The molecule has 0 radical (unpaired) electrons. The van der Waals surface area contributed by atoms with Crippen molar-refractivity contribution >= 4 is 0 Å². The number of likely N-dealkylation sites (N-methyl/N-ethyl adjacent to an activating group) is 1. The van der Waals surface area contributed by atoms with Gasteiger partial charge in [0, 0.05) is 25.0 Å². The van der Waals surface area contributed by atoms with Gasteiger partial charge in [0.1, 0.15) is 12.4 Å². The molecule has 4 heteroatoms. The van der Waals surface area contributed by atoms with Gasteiger partial charge >= 0.3 is 0 Å². The third-order valence-corrected chi connectivity index (χ3v) is 7.25. The van der Waals surface area contributed by atoms with E-state index in [0.29, 0.717) is 12.6 Å². The van der Waals surface area contributed by atoms with E-state index in [1.54, 1.807) is 0 Å². The van der Waals surface area contributed by atoms with Gasteiger partial charge in [-0.15, -0.1) is 0 Å². The van der Waals surface area contributed by atoms with Crippen LogP contribution in [0.3, 0.4) is 0 Å². The number of ether oxygens (including phenoxy) is 1. The summed E-state index contributed by atoms with van der Waals surface area (Å²) in [6, 6.07) is 19.3. The third-order valence-electron chi connectivity index (χ3n) is 7.25. The number of rotatable bonds is 8. The van der Waals surface area contributed by atoms with Crippen molar-refractivity contribution in [2.24, 2.45) is 0 Å². The molecule has 1 aliphatic carbocycles. The second-order valence-electron chi connectivity index (χ2n) is 9.45. The van der Waals surface area contributed by atoms with E-state index in [9.17, 15) is 5.11 Å². The summed E-state index contributed by atoms with van der Waals surface area (Å²) in [5.41, 5.74) is 1.81. The highest BCUT2D eigenvalue weighted by atomic mass is 16.5. The van der Waals surface area contributed by atoms with Gasteiger partial charge in [-0.1, -0.05) is 61.7 Å². The molecule has 2 atom stereocenters. The van der Waals surface area contributed by atoms with Crippen LogP contribution >= 0.6 is 0 Å². The van der Waals surface area contributed by atoms with Crippen LogP contribution in [-0.2, 0) is 6.61 Å². The molecule has 1 saturated heterocycles. The maximum Gasteiger partial charge on any atom is 0.119 e. The van der Waals surface area contributed by atoms with Gasteiger partial charge in [-0.3, -0.25) is 0 Å². The van der Waals surface area contributed by atoms with E-state index < -0.39 is 5.60 Å². The first-order chi connectivity index (χ1) is 15.2. The van der Waals surface area contributed by atoms with Crippen LogP contribution in [0.2, 0.25) is 0 Å². The summed E-state index contributed by atoms with van der Waals surface area (Å²) in [6.45, 7) is 3.70. The van der Waals surface area contributed by atoms with E-state index in [1.807, 2.05) is 18.2 Å². The lowest BCUT2D eigenvalue weighted by molar-refractivity contribution is -0.0329. The van der Waals surface area contributed by atoms with Crippen LogP contribution in [0.1, 0.15) is 62.0 Å². The Balaban J connectivity index is 1.47. The summed E-state index contributed by atoms with van der Waals surface area (Å²) >= 11 is 0. The number of benzene rings is 2. The van der Waals surface area contributed by atoms with E-state index in [2.05, 4.69) is 53.7 Å². The van der Waals surface area contributed by atoms with Gasteiger partial charge in [-0.25, -0.2) is 0 Å². The average molecular weight is 423 g/mol. The molecule has 1 saturated carbocycles. The first-order valence-electron chi connectivity index (χ1n) is 12.0. The van der Waals surface area contributed by atoms with E-state index in [0.717, 1.165) is 51.1 Å². The van der Waals surface area contributed by atoms with Gasteiger partial charge < -0.3 is 20.1 Å². The Hall–Kier alpha value is -1.88. The predicted molar refractivity (Wildman–Crippen MR) is 127 cm³/mol. The molecule has 1 aliphatic heterocycles. The largest absolute Gasteiger partial charge is 0.489 e. The normalized spacial score (nSPS) is 22.7. The maximum absolute atomic E-state index is 11.7. The summed E-state index contributed by atoms with van der Waals surface area (Å²) in [5.74, 6) is 1.03. The summed E-state index contributed by atoms with van der Waals surface area (Å²) in [6.07, 6.45) is 7.79. The minimum atomic E-state index is -0.600. The zero-order valence-electron chi connectivity index (χ0n) is 18.9. The highest BCUT2D eigenvalue weighted by Gasteiger charge is 2.40. The third kappa shape index (κ3) is 5.88. The van der Waals surface area contributed by atoms with Crippen LogP contribution in [0.5, 0.6) is 5.75 Å². The smallest absolute Gasteiger partial charge is 0.119 e. The van der Waals surface area contributed by atoms with Gasteiger partial charge in [0.05, 0.1) is 5.60 Å². The van der Waals surface area contributed by atoms with Crippen LogP contribution in [0.4, 0.5) is 0 Å². The van der Waals surface area contributed by atoms with Gasteiger partial charge in [0.15, 0.2) is 0 Å². The molecule has 0 bridgehead atoms. The van der Waals surface area contributed by atoms with Crippen molar-refractivity contribution < 1.29 is 9.84 Å². The standard InChI is InChI=1S/C27H38N2O2/c1-28-24-11-8-18-29(19-24)20-26(27(30)16-6-3-7-17-27)23-12-14-25(15-13-23)31-21-22-9-4-2-5-10-22/h2,4-5,9-10,12-15,24,26,28,30H,3,6-8,11,16-21H2,1H3. The van der Waals surface area contributed by atoms with Crippen molar-refractivity contribution in [1.29, 1.82) is 0 Å². The monoisotopic (exact) mass is 422 g/mol. The number of likely N-dealkylation sites (tertiary alicyclic amines) is 1. The lowest BCUT2D eigenvalue weighted by Gasteiger charge is -2.43. The number of aliphatic hydroxyl groups is 1. The Labute approximate surface area is 187 Å². The summed E-state index contributed by atoms with van der Waals surface area (Å²) in [5, 5.41) is 15.1. The molecule has 168 valence electrons. The predicted octanol–water partition coefficient (Wildman–Crippen LogP) is 4.73. The molecule has 0 spiro atoms. The van der Waals surface area contributed by atoms with Gasteiger partial charge in [0.25, 0.3) is 0 Å². The first-order valence-corrected chi connectivity index (χ1v) is 12.0. The Morgan fingerprint density at radius 2 is 1.77 bits per heavy atom. The molecule has 4 rings (SSSR count). The summed E-state index contributed by atoms with van der Waals surface area (Å²) in [4.78, 5) is 2.56. The van der Waals surface area contributed by atoms with Crippen molar-refractivity contribution in [3.05, 3.63) is 65.7 Å². The Kier molecular flexibility index (Phi) is 7.65. The Bertz CT molecular complexity index is 787. The molecule has 2 aromatic carbocycles. The quantitative estimate of drug-likeness (QED) is 0.646. The molecule has 2 fully saturated rings. The lowest BCUT2D eigenvalue weighted by Crippen LogP contribution is -2.49. The Morgan fingerprint density at radius 1 is 1.03 bits per heavy atom. The van der Waals surface area contributed by atoms with Crippen LogP contribution in [0.15, 0.2) is 54.6 Å². The molecule has 31 heavy (non-hydrogen) atoms. The van der Waals surface area contributed by atoms with Crippen molar-refractivity contribution in [3.8, 4) is 5.75 Å². The minimum Gasteiger partial charge on any atom is -0.489 e. The second-order valence-corrected chi connectivity index (χ2v) is 9.45. The minimum absolute atomic E-state index is 0.145. The SMILES string of the molecule is CNC1CCCN(CC(c2ccc(OCc3ccccc3)cc2)C2(O)CCCCC2)C1. The fourth-order valence-electron chi connectivity index (χ4n) is 5.35. The van der Waals surface area contributed by atoms with Crippen LogP contribution in [0, 0.1) is 0 Å². The topological polar surface area (TPSA) is 44.7 Å². The van der Waals surface area contributed by atoms with E-state index >= 15 is 0 Å². The number of nitrogens with one attached hydrogen (secondary N) is 1. The molecular formula is C27H38N2O2. The highest BCUT2D eigenvalue weighted by molar-refractivity contribution is 5.32. The Morgan fingerprint density at radius 3 is 2.48 bits per heavy atom. The number of hydrogen-bond donors (Lipinski definition) is 2. The molecule has 4 nitrogen and oxygen atoms in total. The summed E-state index contributed by atoms with van der Waals surface area (Å²) < 4.78 is 5.99. The molecule has 2 aliphatic rings. The fraction of sp³-hybridized carbons (Fsp3) is 0.556. The van der Waals surface area contributed by atoms with Crippen LogP contribution in [0.25, 0.3) is 0 Å². The van der Waals surface area contributed by atoms with E-state index in [1.165, 1.54) is 30.4 Å². The zero-order chi connectivity index (χ0) is 21.5. The molecule has 2 aromatic rings. The molecular weight excluding hydrogens is 384 g/mol.